The number of carbonyl (C=O) groups excluding carboxylic acids is 1. The highest BCUT2D eigenvalue weighted by Crippen LogP contribution is 2.30. The van der Waals surface area contributed by atoms with Crippen LogP contribution in [0.1, 0.15) is 31.2 Å². The number of amides is 2. The number of rotatable bonds is 3. The van der Waals surface area contributed by atoms with E-state index >= 15 is 0 Å². The Kier molecular flexibility index (Phi) is 4.48. The van der Waals surface area contributed by atoms with Crippen molar-refractivity contribution in [2.75, 3.05) is 5.32 Å². The SMILES string of the molecule is N#Cc1ccc(NC(=O)NC2(C(=O)O)CCCC2)c(Br)c1. The fraction of sp³-hybridized carbons (Fsp3) is 0.357. The van der Waals surface area contributed by atoms with Gasteiger partial charge in [0.05, 0.1) is 17.3 Å². The van der Waals surface area contributed by atoms with Crippen molar-refractivity contribution in [3.63, 3.8) is 0 Å². The number of urea groups is 1. The van der Waals surface area contributed by atoms with Crippen molar-refractivity contribution in [3.05, 3.63) is 28.2 Å². The highest BCUT2D eigenvalue weighted by molar-refractivity contribution is 9.10. The van der Waals surface area contributed by atoms with Crippen molar-refractivity contribution < 1.29 is 14.7 Å². The molecule has 7 heteroatoms. The van der Waals surface area contributed by atoms with Gasteiger partial charge in [0.15, 0.2) is 0 Å². The smallest absolute Gasteiger partial charge is 0.329 e. The number of anilines is 1. The van der Waals surface area contributed by atoms with Gasteiger partial charge in [-0.3, -0.25) is 0 Å². The number of hydrogen-bond donors (Lipinski definition) is 3. The minimum atomic E-state index is -1.18. The van der Waals surface area contributed by atoms with E-state index in [0.717, 1.165) is 12.8 Å². The lowest BCUT2D eigenvalue weighted by atomic mass is 9.98. The molecule has 6 nitrogen and oxygen atoms in total. The van der Waals surface area contributed by atoms with Crippen LogP contribution in [0.25, 0.3) is 0 Å². The Morgan fingerprint density at radius 3 is 2.52 bits per heavy atom. The maximum atomic E-state index is 12.0. The van der Waals surface area contributed by atoms with Crippen molar-refractivity contribution >= 4 is 33.6 Å². The highest BCUT2D eigenvalue weighted by atomic mass is 79.9. The third-order valence-electron chi connectivity index (χ3n) is 3.57. The molecule has 0 unspecified atom stereocenters. The van der Waals surface area contributed by atoms with Crippen LogP contribution in [-0.2, 0) is 4.79 Å². The van der Waals surface area contributed by atoms with Crippen molar-refractivity contribution in [1.29, 1.82) is 5.26 Å². The van der Waals surface area contributed by atoms with E-state index in [2.05, 4.69) is 26.6 Å². The van der Waals surface area contributed by atoms with Crippen LogP contribution in [0, 0.1) is 11.3 Å². The Morgan fingerprint density at radius 2 is 2.00 bits per heavy atom. The molecule has 1 aliphatic rings. The third-order valence-corrected chi connectivity index (χ3v) is 4.22. The average Bonchev–Trinajstić information content (AvgIpc) is 2.90. The topological polar surface area (TPSA) is 102 Å². The zero-order valence-corrected chi connectivity index (χ0v) is 12.7. The Balaban J connectivity index is 2.08. The Bertz CT molecular complexity index is 618. The zero-order chi connectivity index (χ0) is 15.5. The first-order valence-electron chi connectivity index (χ1n) is 6.49. The summed E-state index contributed by atoms with van der Waals surface area (Å²) < 4.78 is 0.562. The van der Waals surface area contributed by atoms with Crippen molar-refractivity contribution in [2.45, 2.75) is 31.2 Å². The average molecular weight is 352 g/mol. The van der Waals surface area contributed by atoms with Crippen LogP contribution in [0.5, 0.6) is 0 Å². The van der Waals surface area contributed by atoms with Crippen LogP contribution in [0.3, 0.4) is 0 Å². The summed E-state index contributed by atoms with van der Waals surface area (Å²) in [6.07, 6.45) is 2.44. The molecule has 1 aromatic carbocycles. The summed E-state index contributed by atoms with van der Waals surface area (Å²) in [5.41, 5.74) is -0.237. The van der Waals surface area contributed by atoms with Crippen molar-refractivity contribution in [2.24, 2.45) is 0 Å². The molecule has 3 N–H and O–H groups in total. The maximum absolute atomic E-state index is 12.0. The van der Waals surface area contributed by atoms with E-state index in [1.807, 2.05) is 6.07 Å². The summed E-state index contributed by atoms with van der Waals surface area (Å²) in [5.74, 6) is -1.01. The second-order valence-corrected chi connectivity index (χ2v) is 5.83. The number of nitrogens with zero attached hydrogens (tertiary/aromatic N) is 1. The van der Waals surface area contributed by atoms with E-state index in [1.54, 1.807) is 18.2 Å². The molecule has 110 valence electrons. The molecule has 1 fully saturated rings. The first kappa shape index (κ1) is 15.3. The summed E-state index contributed by atoms with van der Waals surface area (Å²) in [5, 5.41) is 23.3. The number of carboxylic acid groups (broad SMARTS) is 1. The van der Waals surface area contributed by atoms with Gasteiger partial charge in [0.25, 0.3) is 0 Å². The molecule has 0 saturated heterocycles. The van der Waals surface area contributed by atoms with Crippen LogP contribution in [0.4, 0.5) is 10.5 Å². The fourth-order valence-corrected chi connectivity index (χ4v) is 2.91. The van der Waals surface area contributed by atoms with Crippen LogP contribution in [0.2, 0.25) is 0 Å². The normalized spacial score (nSPS) is 16.0. The fourth-order valence-electron chi connectivity index (χ4n) is 2.43. The van der Waals surface area contributed by atoms with E-state index in [9.17, 15) is 14.7 Å². The number of halogens is 1. The number of nitriles is 1. The molecule has 0 radical (unpaired) electrons. The number of carboxylic acids is 1. The lowest BCUT2D eigenvalue weighted by Crippen LogP contribution is -2.53. The van der Waals surface area contributed by atoms with Gasteiger partial charge in [-0.25, -0.2) is 9.59 Å². The van der Waals surface area contributed by atoms with E-state index in [4.69, 9.17) is 5.26 Å². The van der Waals surface area contributed by atoms with Gasteiger partial charge < -0.3 is 15.7 Å². The summed E-state index contributed by atoms with van der Waals surface area (Å²) in [6, 6.07) is 6.17. The molecule has 2 rings (SSSR count). The Labute approximate surface area is 130 Å². The zero-order valence-electron chi connectivity index (χ0n) is 11.1. The molecule has 0 aliphatic heterocycles. The van der Waals surface area contributed by atoms with Crippen LogP contribution in [0.15, 0.2) is 22.7 Å². The van der Waals surface area contributed by atoms with Gasteiger partial charge in [0.2, 0.25) is 0 Å². The second-order valence-electron chi connectivity index (χ2n) is 4.98. The Hall–Kier alpha value is -2.07. The number of hydrogen-bond acceptors (Lipinski definition) is 3. The number of aliphatic carboxylic acids is 1. The van der Waals surface area contributed by atoms with E-state index in [-0.39, 0.29) is 0 Å². The molecule has 0 spiro atoms. The number of carbonyl (C=O) groups is 2. The molecule has 1 aromatic rings. The van der Waals surface area contributed by atoms with Gasteiger partial charge in [0, 0.05) is 4.47 Å². The molecule has 0 heterocycles. The van der Waals surface area contributed by atoms with Crippen LogP contribution < -0.4 is 10.6 Å². The molecule has 0 atom stereocenters. The van der Waals surface area contributed by atoms with Gasteiger partial charge in [-0.2, -0.15) is 5.26 Å². The summed E-state index contributed by atoms with van der Waals surface area (Å²) in [4.78, 5) is 23.4. The van der Waals surface area contributed by atoms with Crippen LogP contribution in [-0.4, -0.2) is 22.6 Å². The standard InChI is InChI=1S/C14H14BrN3O3/c15-10-7-9(8-16)3-4-11(10)17-13(21)18-14(12(19)20)5-1-2-6-14/h3-4,7H,1-2,5-6H2,(H,19,20)(H2,17,18,21). The lowest BCUT2D eigenvalue weighted by Gasteiger charge is -2.25. The molecule has 1 saturated carbocycles. The number of benzene rings is 1. The highest BCUT2D eigenvalue weighted by Gasteiger charge is 2.42. The first-order valence-corrected chi connectivity index (χ1v) is 7.28. The molecule has 0 aromatic heterocycles. The minimum Gasteiger partial charge on any atom is -0.480 e. The summed E-state index contributed by atoms with van der Waals surface area (Å²) in [6.45, 7) is 0. The van der Waals surface area contributed by atoms with Gasteiger partial charge in [-0.05, 0) is 47.0 Å². The monoisotopic (exact) mass is 351 g/mol. The maximum Gasteiger partial charge on any atom is 0.329 e. The van der Waals surface area contributed by atoms with Gasteiger partial charge >= 0.3 is 12.0 Å². The quantitative estimate of drug-likeness (QED) is 0.778. The van der Waals surface area contributed by atoms with Gasteiger partial charge in [-0.15, -0.1) is 0 Å². The molecular weight excluding hydrogens is 338 g/mol. The Morgan fingerprint density at radius 1 is 1.33 bits per heavy atom. The minimum absolute atomic E-state index is 0.435. The van der Waals surface area contributed by atoms with Gasteiger partial charge in [-0.1, -0.05) is 12.8 Å². The van der Waals surface area contributed by atoms with Gasteiger partial charge in [0.1, 0.15) is 5.54 Å². The van der Waals surface area contributed by atoms with E-state index in [0.29, 0.717) is 28.6 Å². The largest absolute Gasteiger partial charge is 0.480 e. The van der Waals surface area contributed by atoms with Crippen LogP contribution >= 0.6 is 15.9 Å². The lowest BCUT2D eigenvalue weighted by molar-refractivity contribution is -0.144. The predicted octanol–water partition coefficient (Wildman–Crippen LogP) is 2.84. The number of nitrogens with one attached hydrogen (secondary N) is 2. The molecular formula is C14H14BrN3O3. The van der Waals surface area contributed by atoms with E-state index in [1.165, 1.54) is 0 Å². The van der Waals surface area contributed by atoms with E-state index < -0.39 is 17.5 Å². The van der Waals surface area contributed by atoms with Crippen molar-refractivity contribution in [3.8, 4) is 6.07 Å². The van der Waals surface area contributed by atoms with Crippen molar-refractivity contribution in [1.82, 2.24) is 5.32 Å². The second kappa shape index (κ2) is 6.14. The molecule has 0 bridgehead atoms. The molecule has 2 amide bonds. The first-order chi connectivity index (χ1) is 9.97. The summed E-state index contributed by atoms with van der Waals surface area (Å²) >= 11 is 3.26. The molecule has 1 aliphatic carbocycles. The predicted molar refractivity (Wildman–Crippen MR) is 79.8 cm³/mol. The summed E-state index contributed by atoms with van der Waals surface area (Å²) in [7, 11) is 0. The third kappa shape index (κ3) is 3.34. The molecule has 21 heavy (non-hydrogen) atoms.